The van der Waals surface area contributed by atoms with Gasteiger partial charge >= 0.3 is 11.9 Å². The van der Waals surface area contributed by atoms with Crippen LogP contribution in [-0.4, -0.2) is 34.6 Å². The van der Waals surface area contributed by atoms with E-state index in [9.17, 15) is 14.4 Å². The minimum absolute atomic E-state index is 0.154. The molecule has 0 rings (SSSR count). The highest BCUT2D eigenvalue weighted by Gasteiger charge is 2.19. The summed E-state index contributed by atoms with van der Waals surface area (Å²) in [4.78, 5) is 29.8. The van der Waals surface area contributed by atoms with Gasteiger partial charge in [-0.3, -0.25) is 9.59 Å². The Bertz CT molecular complexity index is 178. The first-order valence-corrected chi connectivity index (χ1v) is 2.72. The smallest absolute Gasteiger partial charge is 0.326 e. The molecule has 0 aromatic heterocycles. The van der Waals surface area contributed by atoms with Gasteiger partial charge in [-0.1, -0.05) is 0 Å². The molecule has 0 aromatic rings. The summed E-state index contributed by atoms with van der Waals surface area (Å²) in [6.45, 7) is 0. The van der Waals surface area contributed by atoms with Crippen molar-refractivity contribution in [3.8, 4) is 0 Å². The van der Waals surface area contributed by atoms with E-state index in [4.69, 9.17) is 10.2 Å². The average molecular weight is 161 g/mol. The van der Waals surface area contributed by atoms with Crippen LogP contribution in [0.3, 0.4) is 0 Å². The highest BCUT2D eigenvalue weighted by Crippen LogP contribution is 1.90. The Morgan fingerprint density at radius 3 is 2.27 bits per heavy atom. The molecule has 6 heteroatoms. The molecule has 62 valence electrons. The molecule has 0 spiro atoms. The fraction of sp³-hybridized carbons (Fsp3) is 0.400. The maximum Gasteiger partial charge on any atom is 0.326 e. The third kappa shape index (κ3) is 3.90. The van der Waals surface area contributed by atoms with Crippen LogP contribution in [0.25, 0.3) is 0 Å². The lowest BCUT2D eigenvalue weighted by Gasteiger charge is -2.06. The van der Waals surface area contributed by atoms with E-state index in [0.717, 1.165) is 0 Å². The van der Waals surface area contributed by atoms with Gasteiger partial charge in [0.1, 0.15) is 6.04 Å². The first kappa shape index (κ1) is 9.41. The second-order valence-electron chi connectivity index (χ2n) is 1.77. The van der Waals surface area contributed by atoms with Gasteiger partial charge in [-0.2, -0.15) is 0 Å². The van der Waals surface area contributed by atoms with Crippen LogP contribution in [-0.2, 0) is 14.4 Å². The second kappa shape index (κ2) is 4.26. The van der Waals surface area contributed by atoms with Crippen LogP contribution in [0.2, 0.25) is 0 Å². The Kier molecular flexibility index (Phi) is 3.65. The Labute approximate surface area is 61.8 Å². The summed E-state index contributed by atoms with van der Waals surface area (Å²) in [5.41, 5.74) is 0. The van der Waals surface area contributed by atoms with Crippen molar-refractivity contribution in [2.45, 2.75) is 12.5 Å². The lowest BCUT2D eigenvalue weighted by molar-refractivity contribution is -0.146. The third-order valence-corrected chi connectivity index (χ3v) is 0.946. The van der Waals surface area contributed by atoms with Crippen LogP contribution < -0.4 is 5.32 Å². The predicted molar refractivity (Wildman–Crippen MR) is 32.9 cm³/mol. The normalized spacial score (nSPS) is 11.6. The summed E-state index contributed by atoms with van der Waals surface area (Å²) in [5.74, 6) is -2.63. The average Bonchev–Trinajstić information content (AvgIpc) is 1.86. The van der Waals surface area contributed by atoms with Gasteiger partial charge in [0.05, 0.1) is 6.42 Å². The monoisotopic (exact) mass is 161 g/mol. The lowest BCUT2D eigenvalue weighted by atomic mass is 10.2. The number of carbonyl (C=O) groups excluding carboxylic acids is 1. The first-order valence-electron chi connectivity index (χ1n) is 2.72. The van der Waals surface area contributed by atoms with Crippen molar-refractivity contribution < 1.29 is 24.6 Å². The zero-order valence-corrected chi connectivity index (χ0v) is 5.48. The van der Waals surface area contributed by atoms with Crippen molar-refractivity contribution in [1.29, 1.82) is 0 Å². The first-order chi connectivity index (χ1) is 5.07. The van der Waals surface area contributed by atoms with Gasteiger partial charge in [-0.15, -0.1) is 0 Å². The number of hydrogen-bond acceptors (Lipinski definition) is 3. The van der Waals surface area contributed by atoms with Crippen molar-refractivity contribution in [3.05, 3.63) is 0 Å². The molecule has 0 aliphatic rings. The minimum Gasteiger partial charge on any atom is -0.481 e. The number of rotatable bonds is 5. The minimum atomic E-state index is -1.36. The van der Waals surface area contributed by atoms with Crippen LogP contribution in [0.15, 0.2) is 0 Å². The molecule has 0 heterocycles. The number of carboxylic acids is 2. The lowest BCUT2D eigenvalue weighted by Crippen LogP contribution is -2.37. The van der Waals surface area contributed by atoms with Crippen LogP contribution in [0, 0.1) is 0 Å². The molecule has 0 radical (unpaired) electrons. The van der Waals surface area contributed by atoms with Gasteiger partial charge in [0.15, 0.2) is 0 Å². The molecule has 0 saturated carbocycles. The molecule has 0 aliphatic heterocycles. The Hall–Kier alpha value is -1.59. The highest BCUT2D eigenvalue weighted by molar-refractivity contribution is 5.82. The number of nitrogens with one attached hydrogen (secondary N) is 1. The Morgan fingerprint density at radius 1 is 1.45 bits per heavy atom. The van der Waals surface area contributed by atoms with Crippen molar-refractivity contribution in [1.82, 2.24) is 5.32 Å². The highest BCUT2D eigenvalue weighted by atomic mass is 16.4. The van der Waals surface area contributed by atoms with E-state index < -0.39 is 24.4 Å². The summed E-state index contributed by atoms with van der Waals surface area (Å²) in [6.07, 6.45) is -0.463. The maximum absolute atomic E-state index is 10.1. The quantitative estimate of drug-likeness (QED) is 0.433. The molecular formula is C5H7NO5. The standard InChI is InChI=1S/C5H7NO5/c7-2-6-3(5(10)11)1-4(8)9/h2-3H,1H2,(H,6,7)(H,8,9)(H,10,11). The van der Waals surface area contributed by atoms with E-state index in [1.165, 1.54) is 0 Å². The molecule has 0 fully saturated rings. The van der Waals surface area contributed by atoms with E-state index in [1.54, 1.807) is 0 Å². The fourth-order valence-corrected chi connectivity index (χ4v) is 0.474. The molecule has 1 atom stereocenters. The maximum atomic E-state index is 10.1. The summed E-state index contributed by atoms with van der Waals surface area (Å²) < 4.78 is 0. The number of hydrogen-bond donors (Lipinski definition) is 3. The molecule has 0 aliphatic carbocycles. The molecule has 0 aromatic carbocycles. The van der Waals surface area contributed by atoms with Gasteiger partial charge in [-0.25, -0.2) is 4.79 Å². The summed E-state index contributed by atoms with van der Waals surface area (Å²) in [6, 6.07) is -1.34. The molecule has 6 nitrogen and oxygen atoms in total. The topological polar surface area (TPSA) is 104 Å². The van der Waals surface area contributed by atoms with Gasteiger partial charge in [0.2, 0.25) is 6.41 Å². The zero-order valence-electron chi connectivity index (χ0n) is 5.48. The molecular weight excluding hydrogens is 154 g/mol. The van der Waals surface area contributed by atoms with Crippen LogP contribution >= 0.6 is 0 Å². The molecule has 1 unspecified atom stereocenters. The molecule has 3 N–H and O–H groups in total. The summed E-state index contributed by atoms with van der Waals surface area (Å²) >= 11 is 0. The van der Waals surface area contributed by atoms with Gasteiger partial charge < -0.3 is 15.5 Å². The SMILES string of the molecule is O=CNC(CC(=O)O)C(=O)O. The number of carbonyl (C=O) groups is 3. The third-order valence-electron chi connectivity index (χ3n) is 0.946. The van der Waals surface area contributed by atoms with Crippen LogP contribution in [0.5, 0.6) is 0 Å². The zero-order chi connectivity index (χ0) is 8.85. The van der Waals surface area contributed by atoms with E-state index >= 15 is 0 Å². The van der Waals surface area contributed by atoms with Crippen LogP contribution in [0.4, 0.5) is 0 Å². The van der Waals surface area contributed by atoms with Crippen molar-refractivity contribution in [3.63, 3.8) is 0 Å². The van der Waals surface area contributed by atoms with Crippen molar-refractivity contribution in [2.75, 3.05) is 0 Å². The summed E-state index contributed by atoms with van der Waals surface area (Å²) in [5, 5.41) is 18.3. The molecule has 11 heavy (non-hydrogen) atoms. The number of aliphatic carboxylic acids is 2. The number of carboxylic acid groups (broad SMARTS) is 2. The van der Waals surface area contributed by atoms with Crippen molar-refractivity contribution in [2.24, 2.45) is 0 Å². The van der Waals surface area contributed by atoms with E-state index in [0.29, 0.717) is 0 Å². The molecule has 0 bridgehead atoms. The van der Waals surface area contributed by atoms with Gasteiger partial charge in [0.25, 0.3) is 0 Å². The Morgan fingerprint density at radius 2 is 2.00 bits per heavy atom. The van der Waals surface area contributed by atoms with Gasteiger partial charge in [-0.05, 0) is 0 Å². The molecule has 0 saturated heterocycles. The Balaban J connectivity index is 3.99. The van der Waals surface area contributed by atoms with E-state index in [2.05, 4.69) is 0 Å². The largest absolute Gasteiger partial charge is 0.481 e. The molecule has 1 amide bonds. The van der Waals surface area contributed by atoms with Gasteiger partial charge in [0, 0.05) is 0 Å². The van der Waals surface area contributed by atoms with E-state index in [1.807, 2.05) is 5.32 Å². The van der Waals surface area contributed by atoms with E-state index in [-0.39, 0.29) is 6.41 Å². The second-order valence-corrected chi connectivity index (χ2v) is 1.77. The van der Waals surface area contributed by atoms with Crippen molar-refractivity contribution >= 4 is 18.3 Å². The fourth-order valence-electron chi connectivity index (χ4n) is 0.474. The summed E-state index contributed by atoms with van der Waals surface area (Å²) in [7, 11) is 0. The number of amides is 1. The van der Waals surface area contributed by atoms with Crippen LogP contribution in [0.1, 0.15) is 6.42 Å². The predicted octanol–water partition coefficient (Wildman–Crippen LogP) is -1.34.